The van der Waals surface area contributed by atoms with E-state index in [1.54, 1.807) is 0 Å². The normalized spacial score (nSPS) is 48.1. The first-order valence-corrected chi connectivity index (χ1v) is 4.46. The molecule has 0 aromatic rings. The Morgan fingerprint density at radius 2 is 2.36 bits per heavy atom. The highest BCUT2D eigenvalue weighted by Crippen LogP contribution is 2.56. The molecule has 62 valence electrons. The molecule has 0 aliphatic heterocycles. The van der Waals surface area contributed by atoms with E-state index < -0.39 is 11.4 Å². The lowest BCUT2D eigenvalue weighted by Gasteiger charge is -2.25. The van der Waals surface area contributed by atoms with Crippen LogP contribution in [-0.4, -0.2) is 16.5 Å². The van der Waals surface area contributed by atoms with Gasteiger partial charge in [-0.1, -0.05) is 0 Å². The smallest absolute Gasteiger partial charge is 0.311 e. The fraction of sp³-hybridized carbons (Fsp3) is 0.875. The third kappa shape index (κ3) is 0.821. The third-order valence-corrected chi connectivity index (χ3v) is 3.81. The molecular formula is C8H11ClO2. The lowest BCUT2D eigenvalue weighted by atomic mass is 9.84. The second kappa shape index (κ2) is 2.13. The van der Waals surface area contributed by atoms with Crippen LogP contribution >= 0.6 is 11.6 Å². The van der Waals surface area contributed by atoms with Crippen LogP contribution < -0.4 is 0 Å². The Kier molecular flexibility index (Phi) is 1.43. The second-order valence-corrected chi connectivity index (χ2v) is 4.30. The molecule has 2 bridgehead atoms. The van der Waals surface area contributed by atoms with Gasteiger partial charge in [0.05, 0.1) is 5.41 Å². The lowest BCUT2D eigenvalue weighted by Crippen LogP contribution is -2.34. The first-order valence-electron chi connectivity index (χ1n) is 4.02. The number of carboxylic acids is 1. The Balaban J connectivity index is 2.29. The molecule has 0 amide bonds. The molecule has 2 aliphatic carbocycles. The van der Waals surface area contributed by atoms with Crippen molar-refractivity contribution in [2.45, 2.75) is 31.1 Å². The molecule has 3 atom stereocenters. The Bertz CT molecular complexity index is 204. The van der Waals surface area contributed by atoms with Crippen LogP contribution in [0.5, 0.6) is 0 Å². The zero-order valence-corrected chi connectivity index (χ0v) is 6.97. The van der Waals surface area contributed by atoms with Gasteiger partial charge in [-0.3, -0.25) is 4.79 Å². The number of carbonyl (C=O) groups is 1. The summed E-state index contributed by atoms with van der Waals surface area (Å²) in [6, 6.07) is 0. The van der Waals surface area contributed by atoms with Gasteiger partial charge in [-0.25, -0.2) is 0 Å². The van der Waals surface area contributed by atoms with Crippen molar-refractivity contribution in [3.05, 3.63) is 0 Å². The topological polar surface area (TPSA) is 37.3 Å². The highest BCUT2D eigenvalue weighted by atomic mass is 35.5. The molecule has 0 aromatic heterocycles. The average Bonchev–Trinajstić information content (AvgIpc) is 2.43. The van der Waals surface area contributed by atoms with Crippen molar-refractivity contribution < 1.29 is 9.90 Å². The Hall–Kier alpha value is -0.240. The number of halogens is 1. The second-order valence-electron chi connectivity index (χ2n) is 3.77. The standard InChI is InChI=1S/C8H11ClO2/c9-6-3-5-1-2-8(6,4-5)7(10)11/h5-6H,1-4H2,(H,10,11). The fourth-order valence-corrected chi connectivity index (χ4v) is 3.06. The Labute approximate surface area is 70.5 Å². The summed E-state index contributed by atoms with van der Waals surface area (Å²) < 4.78 is 0. The van der Waals surface area contributed by atoms with Crippen molar-refractivity contribution >= 4 is 17.6 Å². The van der Waals surface area contributed by atoms with Gasteiger partial charge in [-0.05, 0) is 31.6 Å². The summed E-state index contributed by atoms with van der Waals surface area (Å²) >= 11 is 5.98. The minimum Gasteiger partial charge on any atom is -0.481 e. The van der Waals surface area contributed by atoms with Crippen molar-refractivity contribution in [2.24, 2.45) is 11.3 Å². The van der Waals surface area contributed by atoms with Crippen LogP contribution in [0.25, 0.3) is 0 Å². The molecule has 2 aliphatic rings. The van der Waals surface area contributed by atoms with Crippen LogP contribution in [0.4, 0.5) is 0 Å². The largest absolute Gasteiger partial charge is 0.481 e. The van der Waals surface area contributed by atoms with Gasteiger partial charge in [-0.2, -0.15) is 0 Å². The molecule has 3 unspecified atom stereocenters. The zero-order chi connectivity index (χ0) is 8.06. The molecule has 0 heterocycles. The van der Waals surface area contributed by atoms with E-state index in [1.165, 1.54) is 0 Å². The summed E-state index contributed by atoms with van der Waals surface area (Å²) in [4.78, 5) is 10.9. The van der Waals surface area contributed by atoms with E-state index in [0.717, 1.165) is 25.7 Å². The molecule has 2 rings (SSSR count). The van der Waals surface area contributed by atoms with Crippen molar-refractivity contribution in [3.8, 4) is 0 Å². The van der Waals surface area contributed by atoms with Crippen molar-refractivity contribution in [2.75, 3.05) is 0 Å². The quantitative estimate of drug-likeness (QED) is 0.617. The molecule has 0 aromatic carbocycles. The van der Waals surface area contributed by atoms with Gasteiger partial charge in [0.15, 0.2) is 0 Å². The number of hydrogen-bond acceptors (Lipinski definition) is 1. The van der Waals surface area contributed by atoms with Gasteiger partial charge >= 0.3 is 5.97 Å². The summed E-state index contributed by atoms with van der Waals surface area (Å²) in [6.45, 7) is 0. The minimum absolute atomic E-state index is 0.112. The summed E-state index contributed by atoms with van der Waals surface area (Å²) in [5, 5.41) is 8.86. The SMILES string of the molecule is O=C(O)C12CCC(CC1Cl)C2. The maximum absolute atomic E-state index is 10.9. The lowest BCUT2D eigenvalue weighted by molar-refractivity contribution is -0.148. The van der Waals surface area contributed by atoms with Gasteiger partial charge < -0.3 is 5.11 Å². The van der Waals surface area contributed by atoms with Crippen LogP contribution in [0, 0.1) is 11.3 Å². The molecule has 3 heteroatoms. The molecule has 0 spiro atoms. The monoisotopic (exact) mass is 174 g/mol. The number of hydrogen-bond donors (Lipinski definition) is 1. The zero-order valence-electron chi connectivity index (χ0n) is 6.22. The van der Waals surface area contributed by atoms with Crippen LogP contribution in [0.1, 0.15) is 25.7 Å². The van der Waals surface area contributed by atoms with E-state index in [4.69, 9.17) is 16.7 Å². The summed E-state index contributed by atoms with van der Waals surface area (Å²) in [6.07, 6.45) is 3.58. The first-order chi connectivity index (χ1) is 5.15. The number of alkyl halides is 1. The van der Waals surface area contributed by atoms with E-state index in [9.17, 15) is 4.79 Å². The van der Waals surface area contributed by atoms with Crippen LogP contribution in [0.3, 0.4) is 0 Å². The van der Waals surface area contributed by atoms with E-state index in [2.05, 4.69) is 0 Å². The number of aliphatic carboxylic acids is 1. The van der Waals surface area contributed by atoms with Crippen molar-refractivity contribution in [1.82, 2.24) is 0 Å². The van der Waals surface area contributed by atoms with Crippen LogP contribution in [-0.2, 0) is 4.79 Å². The van der Waals surface area contributed by atoms with Gasteiger partial charge in [0.2, 0.25) is 0 Å². The molecule has 1 N–H and O–H groups in total. The Morgan fingerprint density at radius 3 is 2.64 bits per heavy atom. The maximum Gasteiger partial charge on any atom is 0.311 e. The Morgan fingerprint density at radius 1 is 1.64 bits per heavy atom. The third-order valence-electron chi connectivity index (χ3n) is 3.22. The summed E-state index contributed by atoms with van der Waals surface area (Å²) in [7, 11) is 0. The van der Waals surface area contributed by atoms with E-state index in [0.29, 0.717) is 5.92 Å². The summed E-state index contributed by atoms with van der Waals surface area (Å²) in [5.41, 5.74) is -0.549. The fourth-order valence-electron chi connectivity index (χ4n) is 2.51. The van der Waals surface area contributed by atoms with Crippen LogP contribution in [0.2, 0.25) is 0 Å². The van der Waals surface area contributed by atoms with Gasteiger partial charge in [0.25, 0.3) is 0 Å². The first kappa shape index (κ1) is 7.41. The molecule has 0 saturated heterocycles. The van der Waals surface area contributed by atoms with Crippen LogP contribution in [0.15, 0.2) is 0 Å². The maximum atomic E-state index is 10.9. The minimum atomic E-state index is -0.683. The van der Waals surface area contributed by atoms with Crippen molar-refractivity contribution in [3.63, 3.8) is 0 Å². The molecule has 11 heavy (non-hydrogen) atoms. The number of carboxylic acid groups (broad SMARTS) is 1. The van der Waals surface area contributed by atoms with Gasteiger partial charge in [-0.15, -0.1) is 11.6 Å². The summed E-state index contributed by atoms with van der Waals surface area (Å²) in [5.74, 6) is -0.0916. The van der Waals surface area contributed by atoms with Gasteiger partial charge in [0.1, 0.15) is 0 Å². The molecule has 2 fully saturated rings. The van der Waals surface area contributed by atoms with Crippen molar-refractivity contribution in [1.29, 1.82) is 0 Å². The molecule has 0 radical (unpaired) electrons. The number of fused-ring (bicyclic) bond motifs is 2. The molecular weight excluding hydrogens is 164 g/mol. The highest BCUT2D eigenvalue weighted by molar-refractivity contribution is 6.22. The number of rotatable bonds is 1. The van der Waals surface area contributed by atoms with Gasteiger partial charge in [0, 0.05) is 5.38 Å². The molecule has 2 nitrogen and oxygen atoms in total. The highest BCUT2D eigenvalue weighted by Gasteiger charge is 2.56. The van der Waals surface area contributed by atoms with E-state index in [-0.39, 0.29) is 5.38 Å². The predicted molar refractivity (Wildman–Crippen MR) is 41.7 cm³/mol. The van der Waals surface area contributed by atoms with E-state index >= 15 is 0 Å². The van der Waals surface area contributed by atoms with E-state index in [1.807, 2.05) is 0 Å². The predicted octanol–water partition coefficient (Wildman–Crippen LogP) is 1.87. The molecule has 2 saturated carbocycles. The average molecular weight is 175 g/mol.